The summed E-state index contributed by atoms with van der Waals surface area (Å²) in [5.74, 6) is -2.23. The van der Waals surface area contributed by atoms with Crippen LogP contribution in [0.3, 0.4) is 0 Å². The third-order valence-corrected chi connectivity index (χ3v) is 2.22. The van der Waals surface area contributed by atoms with Gasteiger partial charge in [0.25, 0.3) is 5.91 Å². The minimum Gasteiger partial charge on any atom is -0.484 e. The van der Waals surface area contributed by atoms with Crippen LogP contribution in [0.5, 0.6) is 5.75 Å². The lowest BCUT2D eigenvalue weighted by Gasteiger charge is -2.13. The summed E-state index contributed by atoms with van der Waals surface area (Å²) in [5, 5.41) is 19.6. The number of aliphatic hydroxyl groups excluding tert-OH is 1. The van der Waals surface area contributed by atoms with Crippen LogP contribution in [-0.2, 0) is 9.59 Å². The van der Waals surface area contributed by atoms with Gasteiger partial charge < -0.3 is 20.3 Å². The van der Waals surface area contributed by atoms with E-state index >= 15 is 0 Å². The summed E-state index contributed by atoms with van der Waals surface area (Å²) in [6, 6.07) is 4.06. The first kappa shape index (κ1) is 14.9. The average molecular weight is 271 g/mol. The van der Waals surface area contributed by atoms with Crippen molar-refractivity contribution in [2.24, 2.45) is 0 Å². The van der Waals surface area contributed by atoms with Crippen LogP contribution in [0.1, 0.15) is 6.42 Å². The maximum Gasteiger partial charge on any atom is 0.326 e. The quantitative estimate of drug-likeness (QED) is 0.656. The molecule has 0 spiro atoms. The summed E-state index contributed by atoms with van der Waals surface area (Å²) < 4.78 is 17.8. The van der Waals surface area contributed by atoms with Crippen molar-refractivity contribution in [1.29, 1.82) is 0 Å². The first-order valence-electron chi connectivity index (χ1n) is 5.54. The highest BCUT2D eigenvalue weighted by Crippen LogP contribution is 2.11. The summed E-state index contributed by atoms with van der Waals surface area (Å²) in [6.45, 7) is -0.791. The molecule has 0 aromatic heterocycles. The van der Waals surface area contributed by atoms with Gasteiger partial charge in [0.2, 0.25) is 0 Å². The van der Waals surface area contributed by atoms with Crippen molar-refractivity contribution < 1.29 is 28.9 Å². The molecule has 1 amide bonds. The second-order valence-electron chi connectivity index (χ2n) is 3.72. The van der Waals surface area contributed by atoms with Crippen molar-refractivity contribution in [3.63, 3.8) is 0 Å². The van der Waals surface area contributed by atoms with Crippen LogP contribution in [0, 0.1) is 5.82 Å². The van der Waals surface area contributed by atoms with Gasteiger partial charge >= 0.3 is 5.97 Å². The van der Waals surface area contributed by atoms with Crippen molar-refractivity contribution in [1.82, 2.24) is 5.32 Å². The third-order valence-electron chi connectivity index (χ3n) is 2.22. The number of amides is 1. The van der Waals surface area contributed by atoms with Gasteiger partial charge in [0.1, 0.15) is 17.6 Å². The lowest BCUT2D eigenvalue weighted by molar-refractivity contribution is -0.142. The number of ether oxygens (including phenoxy) is 1. The molecule has 3 N–H and O–H groups in total. The number of carboxylic acid groups (broad SMARTS) is 1. The number of halogens is 1. The molecule has 0 fully saturated rings. The second kappa shape index (κ2) is 7.32. The summed E-state index contributed by atoms with van der Waals surface area (Å²) >= 11 is 0. The largest absolute Gasteiger partial charge is 0.484 e. The second-order valence-corrected chi connectivity index (χ2v) is 3.72. The van der Waals surface area contributed by atoms with Crippen molar-refractivity contribution in [2.45, 2.75) is 12.5 Å². The zero-order chi connectivity index (χ0) is 14.3. The Bertz CT molecular complexity index is 452. The van der Waals surface area contributed by atoms with Gasteiger partial charge in [-0.05, 0) is 12.1 Å². The summed E-state index contributed by atoms with van der Waals surface area (Å²) in [6.07, 6.45) is -0.0962. The highest BCUT2D eigenvalue weighted by molar-refractivity contribution is 5.84. The molecule has 1 aromatic carbocycles. The zero-order valence-electron chi connectivity index (χ0n) is 10.0. The predicted octanol–water partition coefficient (Wildman–Crippen LogP) is 0.156. The molecule has 1 unspecified atom stereocenters. The van der Waals surface area contributed by atoms with Crippen LogP contribution in [-0.4, -0.2) is 41.3 Å². The fraction of sp³-hybridized carbons (Fsp3) is 0.333. The van der Waals surface area contributed by atoms with Gasteiger partial charge in [0.05, 0.1) is 0 Å². The van der Waals surface area contributed by atoms with Crippen LogP contribution in [0.15, 0.2) is 24.3 Å². The molecule has 0 bridgehead atoms. The molecule has 1 rings (SSSR count). The van der Waals surface area contributed by atoms with E-state index in [1.54, 1.807) is 0 Å². The third kappa shape index (κ3) is 5.35. The molecule has 0 aliphatic carbocycles. The number of carbonyl (C=O) groups excluding carboxylic acids is 1. The van der Waals surface area contributed by atoms with E-state index in [4.69, 9.17) is 14.9 Å². The fourth-order valence-corrected chi connectivity index (χ4v) is 1.33. The number of carboxylic acids is 1. The molecule has 0 heterocycles. The van der Waals surface area contributed by atoms with Gasteiger partial charge in [0.15, 0.2) is 6.61 Å². The van der Waals surface area contributed by atoms with Crippen LogP contribution in [0.2, 0.25) is 0 Å². The van der Waals surface area contributed by atoms with Crippen molar-refractivity contribution >= 4 is 11.9 Å². The molecular formula is C12H14FNO5. The van der Waals surface area contributed by atoms with E-state index in [-0.39, 0.29) is 18.8 Å². The Balaban J connectivity index is 2.44. The van der Waals surface area contributed by atoms with Crippen LogP contribution in [0.25, 0.3) is 0 Å². The Morgan fingerprint density at radius 2 is 2.16 bits per heavy atom. The normalized spacial score (nSPS) is 11.7. The fourth-order valence-electron chi connectivity index (χ4n) is 1.33. The lowest BCUT2D eigenvalue weighted by atomic mass is 10.2. The van der Waals surface area contributed by atoms with Gasteiger partial charge in [-0.15, -0.1) is 0 Å². The van der Waals surface area contributed by atoms with E-state index < -0.39 is 30.3 Å². The summed E-state index contributed by atoms with van der Waals surface area (Å²) in [7, 11) is 0. The molecular weight excluding hydrogens is 257 g/mol. The molecule has 0 aliphatic heterocycles. The molecule has 6 nitrogen and oxygen atoms in total. The molecule has 1 aromatic rings. The van der Waals surface area contributed by atoms with E-state index in [9.17, 15) is 14.0 Å². The van der Waals surface area contributed by atoms with Crippen molar-refractivity contribution in [3.05, 3.63) is 30.1 Å². The topological polar surface area (TPSA) is 95.9 Å². The van der Waals surface area contributed by atoms with Crippen LogP contribution < -0.4 is 10.1 Å². The van der Waals surface area contributed by atoms with Crippen LogP contribution >= 0.6 is 0 Å². The van der Waals surface area contributed by atoms with Crippen molar-refractivity contribution in [2.75, 3.05) is 13.2 Å². The SMILES string of the molecule is O=C(COc1cccc(F)c1)NC(CCO)C(=O)O. The Hall–Kier alpha value is -2.15. The van der Waals surface area contributed by atoms with E-state index in [0.29, 0.717) is 0 Å². The molecule has 7 heteroatoms. The number of hydrogen-bond donors (Lipinski definition) is 3. The number of aliphatic hydroxyl groups is 1. The maximum atomic E-state index is 12.8. The number of carbonyl (C=O) groups is 2. The van der Waals surface area contributed by atoms with E-state index in [0.717, 1.165) is 6.07 Å². The van der Waals surface area contributed by atoms with Gasteiger partial charge in [-0.1, -0.05) is 6.07 Å². The monoisotopic (exact) mass is 271 g/mol. The molecule has 0 radical (unpaired) electrons. The summed E-state index contributed by atoms with van der Waals surface area (Å²) in [4.78, 5) is 22.1. The minimum atomic E-state index is -1.24. The predicted molar refractivity (Wildman–Crippen MR) is 63.2 cm³/mol. The van der Waals surface area contributed by atoms with Crippen LogP contribution in [0.4, 0.5) is 4.39 Å². The number of benzene rings is 1. The first-order chi connectivity index (χ1) is 9.02. The number of hydrogen-bond acceptors (Lipinski definition) is 4. The van der Waals surface area contributed by atoms with Gasteiger partial charge in [-0.3, -0.25) is 4.79 Å². The molecule has 0 saturated heterocycles. The number of aliphatic carboxylic acids is 1. The number of rotatable bonds is 7. The molecule has 19 heavy (non-hydrogen) atoms. The number of nitrogens with one attached hydrogen (secondary N) is 1. The van der Waals surface area contributed by atoms with Crippen molar-refractivity contribution in [3.8, 4) is 5.75 Å². The summed E-state index contributed by atoms with van der Waals surface area (Å²) in [5.41, 5.74) is 0. The maximum absolute atomic E-state index is 12.8. The van der Waals surface area contributed by atoms with E-state index in [2.05, 4.69) is 5.32 Å². The van der Waals surface area contributed by atoms with E-state index in [1.165, 1.54) is 18.2 Å². The standard InChI is InChI=1S/C12H14FNO5/c13-8-2-1-3-9(6-8)19-7-11(16)14-10(4-5-15)12(17)18/h1-3,6,10,15H,4-5,7H2,(H,14,16)(H,17,18). The lowest BCUT2D eigenvalue weighted by Crippen LogP contribution is -2.43. The molecule has 0 aliphatic rings. The van der Waals surface area contributed by atoms with Gasteiger partial charge in [0, 0.05) is 19.1 Å². The first-order valence-corrected chi connectivity index (χ1v) is 5.54. The zero-order valence-corrected chi connectivity index (χ0v) is 10.0. The Labute approximate surface area is 108 Å². The molecule has 104 valence electrons. The molecule has 0 saturated carbocycles. The van der Waals surface area contributed by atoms with Gasteiger partial charge in [-0.25, -0.2) is 9.18 Å². The Kier molecular flexibility index (Phi) is 5.74. The van der Waals surface area contributed by atoms with E-state index in [1.807, 2.05) is 0 Å². The Morgan fingerprint density at radius 1 is 1.42 bits per heavy atom. The average Bonchev–Trinajstić information content (AvgIpc) is 2.36. The highest BCUT2D eigenvalue weighted by atomic mass is 19.1. The Morgan fingerprint density at radius 3 is 2.74 bits per heavy atom. The highest BCUT2D eigenvalue weighted by Gasteiger charge is 2.19. The molecule has 1 atom stereocenters. The van der Waals surface area contributed by atoms with Gasteiger partial charge in [-0.2, -0.15) is 0 Å². The minimum absolute atomic E-state index is 0.0962. The smallest absolute Gasteiger partial charge is 0.326 e.